The molecule has 144 valence electrons. The second-order valence-electron chi connectivity index (χ2n) is 7.19. The third-order valence-electron chi connectivity index (χ3n) is 5.62. The van der Waals surface area contributed by atoms with E-state index in [2.05, 4.69) is 97.0 Å². The lowest BCUT2D eigenvalue weighted by atomic mass is 10.1. The van der Waals surface area contributed by atoms with Gasteiger partial charge in [-0.2, -0.15) is 0 Å². The Kier molecular flexibility index (Phi) is 4.85. The van der Waals surface area contributed by atoms with Crippen molar-refractivity contribution in [1.29, 1.82) is 0 Å². The van der Waals surface area contributed by atoms with E-state index in [9.17, 15) is 0 Å². The molecule has 0 amide bonds. The van der Waals surface area contributed by atoms with Gasteiger partial charge in [0.05, 0.1) is 16.7 Å². The molecule has 0 radical (unpaired) electrons. The first-order chi connectivity index (χ1) is 14.1. The minimum Gasteiger partial charge on any atom is -0.344 e. The first kappa shape index (κ1) is 18.8. The van der Waals surface area contributed by atoms with Crippen molar-refractivity contribution in [2.24, 2.45) is 7.05 Å². The van der Waals surface area contributed by atoms with Crippen molar-refractivity contribution in [3.8, 4) is 5.69 Å². The van der Waals surface area contributed by atoms with Gasteiger partial charge in [0, 0.05) is 34.8 Å². The molecule has 0 bridgehead atoms. The summed E-state index contributed by atoms with van der Waals surface area (Å²) in [6.07, 6.45) is 12.2. The fraction of sp³-hybridized carbons (Fsp3) is 0.111. The highest BCUT2D eigenvalue weighted by atomic mass is 15.0. The maximum absolute atomic E-state index is 4.13. The van der Waals surface area contributed by atoms with Gasteiger partial charge < -0.3 is 9.13 Å². The highest BCUT2D eigenvalue weighted by Gasteiger charge is 2.19. The van der Waals surface area contributed by atoms with E-state index in [-0.39, 0.29) is 0 Å². The molecule has 2 aromatic heterocycles. The van der Waals surface area contributed by atoms with Crippen LogP contribution < -0.4 is 0 Å². The molecule has 0 aliphatic heterocycles. The van der Waals surface area contributed by atoms with E-state index in [0.29, 0.717) is 0 Å². The van der Waals surface area contributed by atoms with Crippen LogP contribution in [0.3, 0.4) is 0 Å². The Labute approximate surface area is 172 Å². The number of benzene rings is 2. The topological polar surface area (TPSA) is 9.86 Å². The quantitative estimate of drug-likeness (QED) is 0.322. The molecule has 2 heteroatoms. The number of fused-ring (bicyclic) bond motifs is 2. The zero-order valence-electron chi connectivity index (χ0n) is 17.3. The second-order valence-corrected chi connectivity index (χ2v) is 7.19. The summed E-state index contributed by atoms with van der Waals surface area (Å²) in [6, 6.07) is 15.1. The summed E-state index contributed by atoms with van der Waals surface area (Å²) < 4.78 is 4.60. The van der Waals surface area contributed by atoms with Crippen LogP contribution in [0.15, 0.2) is 73.9 Å². The maximum Gasteiger partial charge on any atom is 0.0562 e. The lowest BCUT2D eigenvalue weighted by molar-refractivity contribution is 0.952. The van der Waals surface area contributed by atoms with Gasteiger partial charge in [-0.05, 0) is 49.8 Å². The SMILES string of the molecule is C=C/C=C\c1c(C)c2ccccc2n1-c1cccc2c1c(C=C)c(/C=C\C)n2C. The molecule has 0 aliphatic rings. The van der Waals surface area contributed by atoms with Crippen molar-refractivity contribution < 1.29 is 0 Å². The van der Waals surface area contributed by atoms with Crippen LogP contribution in [0.2, 0.25) is 0 Å². The molecule has 2 nitrogen and oxygen atoms in total. The Morgan fingerprint density at radius 3 is 2.38 bits per heavy atom. The van der Waals surface area contributed by atoms with Crippen molar-refractivity contribution in [3.05, 3.63) is 96.4 Å². The molecule has 4 rings (SSSR count). The minimum atomic E-state index is 1.16. The van der Waals surface area contributed by atoms with Gasteiger partial charge in [-0.15, -0.1) is 0 Å². The second kappa shape index (κ2) is 7.48. The summed E-state index contributed by atoms with van der Waals surface area (Å²) in [6.45, 7) is 12.2. The normalized spacial score (nSPS) is 12.0. The molecule has 0 N–H and O–H groups in total. The van der Waals surface area contributed by atoms with Crippen molar-refractivity contribution in [3.63, 3.8) is 0 Å². The van der Waals surface area contributed by atoms with Crippen LogP contribution in [-0.4, -0.2) is 9.13 Å². The van der Waals surface area contributed by atoms with Crippen molar-refractivity contribution in [2.45, 2.75) is 13.8 Å². The molecular formula is C27H26N2. The Morgan fingerprint density at radius 1 is 0.897 bits per heavy atom. The average Bonchev–Trinajstić information content (AvgIpc) is 3.18. The summed E-state index contributed by atoms with van der Waals surface area (Å²) in [4.78, 5) is 0. The summed E-state index contributed by atoms with van der Waals surface area (Å²) in [7, 11) is 2.12. The molecule has 29 heavy (non-hydrogen) atoms. The van der Waals surface area contributed by atoms with E-state index >= 15 is 0 Å². The minimum absolute atomic E-state index is 1.16. The number of hydrogen-bond donors (Lipinski definition) is 0. The summed E-state index contributed by atoms with van der Waals surface area (Å²) in [5, 5.41) is 2.48. The molecule has 0 atom stereocenters. The molecular weight excluding hydrogens is 352 g/mol. The predicted octanol–water partition coefficient (Wildman–Crippen LogP) is 7.31. The van der Waals surface area contributed by atoms with Crippen LogP contribution in [0.4, 0.5) is 0 Å². The van der Waals surface area contributed by atoms with Crippen molar-refractivity contribution >= 4 is 40.0 Å². The molecule has 0 saturated heterocycles. The average molecular weight is 379 g/mol. The van der Waals surface area contributed by atoms with Crippen LogP contribution in [0.1, 0.15) is 29.4 Å². The maximum atomic E-state index is 4.13. The number of aromatic nitrogens is 2. The van der Waals surface area contributed by atoms with Gasteiger partial charge in [0.15, 0.2) is 0 Å². The number of allylic oxidation sites excluding steroid dienone is 3. The lowest BCUT2D eigenvalue weighted by Gasteiger charge is -2.12. The highest BCUT2D eigenvalue weighted by Crippen LogP contribution is 2.37. The van der Waals surface area contributed by atoms with E-state index in [1.165, 1.54) is 38.8 Å². The number of hydrogen-bond acceptors (Lipinski definition) is 0. The summed E-state index contributed by atoms with van der Waals surface area (Å²) in [5.74, 6) is 0. The first-order valence-electron chi connectivity index (χ1n) is 9.90. The van der Waals surface area contributed by atoms with Crippen LogP contribution in [0.5, 0.6) is 0 Å². The zero-order chi connectivity index (χ0) is 20.5. The van der Waals surface area contributed by atoms with E-state index in [0.717, 1.165) is 11.3 Å². The third-order valence-corrected chi connectivity index (χ3v) is 5.62. The monoisotopic (exact) mass is 378 g/mol. The largest absolute Gasteiger partial charge is 0.344 e. The lowest BCUT2D eigenvalue weighted by Crippen LogP contribution is -1.98. The van der Waals surface area contributed by atoms with Crippen LogP contribution in [-0.2, 0) is 7.05 Å². The van der Waals surface area contributed by atoms with E-state index < -0.39 is 0 Å². The van der Waals surface area contributed by atoms with Crippen molar-refractivity contribution in [1.82, 2.24) is 9.13 Å². The number of rotatable bonds is 5. The summed E-state index contributed by atoms with van der Waals surface area (Å²) in [5.41, 5.74) is 8.32. The molecule has 2 aromatic carbocycles. The molecule has 0 aliphatic carbocycles. The molecule has 4 aromatic rings. The smallest absolute Gasteiger partial charge is 0.0562 e. The van der Waals surface area contributed by atoms with Gasteiger partial charge in [0.1, 0.15) is 0 Å². The Bertz CT molecular complexity index is 1310. The molecule has 0 saturated carbocycles. The highest BCUT2D eigenvalue weighted by molar-refractivity contribution is 6.02. The Balaban J connectivity index is 2.21. The fourth-order valence-corrected chi connectivity index (χ4v) is 4.31. The van der Waals surface area contributed by atoms with Gasteiger partial charge in [0.25, 0.3) is 0 Å². The molecule has 2 heterocycles. The van der Waals surface area contributed by atoms with Gasteiger partial charge in [-0.3, -0.25) is 0 Å². The van der Waals surface area contributed by atoms with E-state index in [1.54, 1.807) is 0 Å². The van der Waals surface area contributed by atoms with Gasteiger partial charge in [-0.25, -0.2) is 0 Å². The number of para-hydroxylation sites is 1. The van der Waals surface area contributed by atoms with E-state index in [1.807, 2.05) is 25.2 Å². The summed E-state index contributed by atoms with van der Waals surface area (Å²) >= 11 is 0. The van der Waals surface area contributed by atoms with Crippen LogP contribution in [0.25, 0.3) is 45.7 Å². The Morgan fingerprint density at radius 2 is 1.66 bits per heavy atom. The van der Waals surface area contributed by atoms with Gasteiger partial charge >= 0.3 is 0 Å². The molecule has 0 fully saturated rings. The standard InChI is InChI=1S/C27H26N2/c1-6-9-15-22-19(4)21-14-10-11-16-24(21)29(22)26-18-12-17-25-27(26)20(8-3)23(13-7-2)28(25)5/h6-18H,1,3H2,2,4-5H3/b13-7-,15-9-. The number of aryl methyl sites for hydroxylation is 2. The van der Waals surface area contributed by atoms with E-state index in [4.69, 9.17) is 0 Å². The molecule has 0 unspecified atom stereocenters. The third kappa shape index (κ3) is 2.80. The fourth-order valence-electron chi connectivity index (χ4n) is 4.31. The van der Waals surface area contributed by atoms with Crippen LogP contribution >= 0.6 is 0 Å². The van der Waals surface area contributed by atoms with Crippen LogP contribution in [0, 0.1) is 6.92 Å². The Hall–Kier alpha value is -3.52. The van der Waals surface area contributed by atoms with Gasteiger partial charge in [-0.1, -0.05) is 61.7 Å². The molecule has 0 spiro atoms. The van der Waals surface area contributed by atoms with Crippen molar-refractivity contribution in [2.75, 3.05) is 0 Å². The van der Waals surface area contributed by atoms with Gasteiger partial charge in [0.2, 0.25) is 0 Å². The number of nitrogens with zero attached hydrogens (tertiary/aromatic N) is 2. The predicted molar refractivity (Wildman–Crippen MR) is 129 cm³/mol. The zero-order valence-corrected chi connectivity index (χ0v) is 17.3. The first-order valence-corrected chi connectivity index (χ1v) is 9.90.